The maximum atomic E-state index is 12.9. The molecule has 1 aromatic carbocycles. The molecule has 24 heavy (non-hydrogen) atoms. The molecule has 2 aromatic heterocycles. The Morgan fingerprint density at radius 2 is 1.96 bits per heavy atom. The minimum Gasteiger partial charge on any atom is -0.339 e. The summed E-state index contributed by atoms with van der Waals surface area (Å²) in [5.74, 6) is 0.937. The quantitative estimate of drug-likeness (QED) is 0.669. The van der Waals surface area contributed by atoms with E-state index in [9.17, 15) is 8.42 Å². The summed E-state index contributed by atoms with van der Waals surface area (Å²) in [7, 11) is -3.62. The first kappa shape index (κ1) is 16.7. The Morgan fingerprint density at radius 1 is 1.21 bits per heavy atom. The van der Waals surface area contributed by atoms with Crippen LogP contribution in [0.15, 0.2) is 50.5 Å². The molecule has 0 saturated carbocycles. The second-order valence-electron chi connectivity index (χ2n) is 5.03. The average molecular weight is 363 g/mol. The number of aromatic nitrogens is 2. The van der Waals surface area contributed by atoms with Gasteiger partial charge >= 0.3 is 0 Å². The highest BCUT2D eigenvalue weighted by Crippen LogP contribution is 2.31. The normalized spacial score (nSPS) is 11.6. The smallest absolute Gasteiger partial charge is 0.273 e. The summed E-state index contributed by atoms with van der Waals surface area (Å²) in [5, 5.41) is 5.62. The number of anilines is 1. The number of hydrogen-bond acceptors (Lipinski definition) is 6. The molecule has 0 amide bonds. The Balaban J connectivity index is 1.95. The van der Waals surface area contributed by atoms with E-state index in [0.29, 0.717) is 35.9 Å². The van der Waals surface area contributed by atoms with Gasteiger partial charge in [-0.1, -0.05) is 30.3 Å². The fourth-order valence-corrected chi connectivity index (χ4v) is 5.02. The molecular weight excluding hydrogens is 346 g/mol. The average Bonchev–Trinajstić information content (AvgIpc) is 3.25. The van der Waals surface area contributed by atoms with E-state index in [1.54, 1.807) is 23.6 Å². The Hall–Kier alpha value is -2.19. The number of para-hydroxylation sites is 1. The van der Waals surface area contributed by atoms with Crippen molar-refractivity contribution in [2.24, 2.45) is 0 Å². The van der Waals surface area contributed by atoms with Crippen molar-refractivity contribution in [2.75, 3.05) is 10.8 Å². The van der Waals surface area contributed by atoms with Gasteiger partial charge in [-0.05, 0) is 25.1 Å². The molecule has 0 N–H and O–H groups in total. The zero-order chi connectivity index (χ0) is 17.2. The summed E-state index contributed by atoms with van der Waals surface area (Å²) in [6, 6.07) is 10.6. The van der Waals surface area contributed by atoms with Gasteiger partial charge in [-0.3, -0.25) is 4.31 Å². The number of rotatable bonds is 6. The lowest BCUT2D eigenvalue weighted by Gasteiger charge is -2.21. The van der Waals surface area contributed by atoms with Crippen molar-refractivity contribution in [1.82, 2.24) is 10.1 Å². The van der Waals surface area contributed by atoms with E-state index in [2.05, 4.69) is 10.1 Å². The van der Waals surface area contributed by atoms with E-state index in [-0.39, 0.29) is 4.21 Å². The second kappa shape index (κ2) is 6.74. The van der Waals surface area contributed by atoms with Crippen LogP contribution in [-0.4, -0.2) is 25.1 Å². The maximum Gasteiger partial charge on any atom is 0.273 e. The van der Waals surface area contributed by atoms with Crippen molar-refractivity contribution in [2.45, 2.75) is 24.5 Å². The third-order valence-corrected chi connectivity index (χ3v) is 6.80. The van der Waals surface area contributed by atoms with Crippen molar-refractivity contribution in [1.29, 1.82) is 0 Å². The monoisotopic (exact) mass is 363 g/mol. The van der Waals surface area contributed by atoms with Crippen LogP contribution in [0.2, 0.25) is 0 Å². The Labute approximate surface area is 144 Å². The van der Waals surface area contributed by atoms with E-state index in [0.717, 1.165) is 11.3 Å². The number of nitrogens with zero attached hydrogens (tertiary/aromatic N) is 3. The highest BCUT2D eigenvalue weighted by atomic mass is 32.2. The summed E-state index contributed by atoms with van der Waals surface area (Å²) >= 11 is 1.16. The minimum atomic E-state index is -3.62. The third-order valence-electron chi connectivity index (χ3n) is 3.48. The van der Waals surface area contributed by atoms with E-state index in [4.69, 9.17) is 4.52 Å². The molecule has 6 nitrogen and oxygen atoms in total. The van der Waals surface area contributed by atoms with E-state index < -0.39 is 10.0 Å². The zero-order valence-corrected chi connectivity index (χ0v) is 15.0. The third kappa shape index (κ3) is 3.07. The lowest BCUT2D eigenvalue weighted by atomic mass is 10.3. The number of hydrogen-bond donors (Lipinski definition) is 0. The first-order valence-corrected chi connectivity index (χ1v) is 9.87. The molecule has 3 rings (SSSR count). The van der Waals surface area contributed by atoms with Gasteiger partial charge in [0.1, 0.15) is 4.21 Å². The molecule has 0 radical (unpaired) electrons. The second-order valence-corrected chi connectivity index (χ2v) is 8.03. The van der Waals surface area contributed by atoms with Gasteiger partial charge in [0.25, 0.3) is 10.0 Å². The van der Waals surface area contributed by atoms with Crippen molar-refractivity contribution in [3.63, 3.8) is 0 Å². The molecule has 8 heteroatoms. The standard InChI is InChI=1S/C16H17N3O3S2/c1-3-14-17-16(18-22-14)12-10-15(23-11-12)24(20,21)19(4-2)13-8-6-5-7-9-13/h5-11H,3-4H2,1-2H3. The molecule has 2 heterocycles. The van der Waals surface area contributed by atoms with Crippen LogP contribution in [0.1, 0.15) is 19.7 Å². The van der Waals surface area contributed by atoms with E-state index in [1.165, 1.54) is 4.31 Å². The minimum absolute atomic E-state index is 0.256. The molecule has 0 aliphatic heterocycles. The molecule has 0 saturated heterocycles. The van der Waals surface area contributed by atoms with Gasteiger partial charge in [0, 0.05) is 23.9 Å². The molecule has 126 valence electrons. The lowest BCUT2D eigenvalue weighted by molar-refractivity contribution is 0.383. The van der Waals surface area contributed by atoms with Crippen LogP contribution < -0.4 is 4.31 Å². The molecule has 0 unspecified atom stereocenters. The number of thiophene rings is 1. The maximum absolute atomic E-state index is 12.9. The van der Waals surface area contributed by atoms with Crippen molar-refractivity contribution < 1.29 is 12.9 Å². The van der Waals surface area contributed by atoms with Gasteiger partial charge in [0.15, 0.2) is 0 Å². The topological polar surface area (TPSA) is 76.3 Å². The van der Waals surface area contributed by atoms with E-state index >= 15 is 0 Å². The van der Waals surface area contributed by atoms with Crippen LogP contribution in [0, 0.1) is 0 Å². The molecule has 0 aliphatic carbocycles. The molecule has 0 fully saturated rings. The predicted molar refractivity (Wildman–Crippen MR) is 93.6 cm³/mol. The fraction of sp³-hybridized carbons (Fsp3) is 0.250. The molecule has 0 bridgehead atoms. The highest BCUT2D eigenvalue weighted by Gasteiger charge is 2.26. The zero-order valence-electron chi connectivity index (χ0n) is 13.3. The van der Waals surface area contributed by atoms with Gasteiger partial charge in [-0.25, -0.2) is 8.42 Å². The van der Waals surface area contributed by atoms with Gasteiger partial charge in [0.05, 0.1) is 5.69 Å². The fourth-order valence-electron chi connectivity index (χ4n) is 2.28. The predicted octanol–water partition coefficient (Wildman–Crippen LogP) is 3.58. The van der Waals surface area contributed by atoms with Crippen LogP contribution in [0.5, 0.6) is 0 Å². The molecule has 3 aromatic rings. The Morgan fingerprint density at radius 3 is 2.58 bits per heavy atom. The van der Waals surface area contributed by atoms with Gasteiger partial charge in [-0.15, -0.1) is 11.3 Å². The first-order chi connectivity index (χ1) is 11.6. The highest BCUT2D eigenvalue weighted by molar-refractivity contribution is 7.94. The molecule has 0 atom stereocenters. The Bertz CT molecular complexity index is 917. The van der Waals surface area contributed by atoms with Crippen LogP contribution in [-0.2, 0) is 16.4 Å². The van der Waals surface area contributed by atoms with E-state index in [1.807, 2.05) is 32.0 Å². The van der Waals surface area contributed by atoms with Gasteiger partial charge in [0.2, 0.25) is 11.7 Å². The summed E-state index contributed by atoms with van der Waals surface area (Å²) in [6.45, 7) is 4.08. The summed E-state index contributed by atoms with van der Waals surface area (Å²) in [4.78, 5) is 4.24. The van der Waals surface area contributed by atoms with Crippen LogP contribution in [0.4, 0.5) is 5.69 Å². The summed E-state index contributed by atoms with van der Waals surface area (Å²) in [6.07, 6.45) is 0.639. The van der Waals surface area contributed by atoms with Crippen LogP contribution in [0.3, 0.4) is 0 Å². The van der Waals surface area contributed by atoms with Gasteiger partial charge in [-0.2, -0.15) is 4.98 Å². The SMILES string of the molecule is CCc1nc(-c2csc(S(=O)(=O)N(CC)c3ccccc3)c2)no1. The summed E-state index contributed by atoms with van der Waals surface area (Å²) in [5.41, 5.74) is 1.29. The number of benzene rings is 1. The number of aryl methyl sites for hydroxylation is 1. The Kier molecular flexibility index (Phi) is 4.68. The molecule has 0 spiro atoms. The molecular formula is C16H17N3O3S2. The van der Waals surface area contributed by atoms with Crippen LogP contribution >= 0.6 is 11.3 Å². The first-order valence-electron chi connectivity index (χ1n) is 7.55. The van der Waals surface area contributed by atoms with Crippen LogP contribution in [0.25, 0.3) is 11.4 Å². The van der Waals surface area contributed by atoms with Crippen molar-refractivity contribution in [3.8, 4) is 11.4 Å². The van der Waals surface area contributed by atoms with Crippen molar-refractivity contribution in [3.05, 3.63) is 47.7 Å². The van der Waals surface area contributed by atoms with Crippen molar-refractivity contribution >= 4 is 27.0 Å². The number of sulfonamides is 1. The largest absolute Gasteiger partial charge is 0.339 e. The summed E-state index contributed by atoms with van der Waals surface area (Å²) < 4.78 is 32.6. The van der Waals surface area contributed by atoms with Gasteiger partial charge < -0.3 is 4.52 Å². The lowest BCUT2D eigenvalue weighted by Crippen LogP contribution is -2.30. The molecule has 0 aliphatic rings.